The number of amides is 2. The lowest BCUT2D eigenvalue weighted by molar-refractivity contribution is -0.114. The molecule has 7 nitrogen and oxygen atoms in total. The zero-order valence-electron chi connectivity index (χ0n) is 16.4. The van der Waals surface area contributed by atoms with Crippen molar-refractivity contribution in [1.29, 1.82) is 5.26 Å². The molecule has 1 aromatic heterocycles. The van der Waals surface area contributed by atoms with Gasteiger partial charge in [-0.1, -0.05) is 23.5 Å². The fourth-order valence-corrected chi connectivity index (χ4v) is 3.82. The van der Waals surface area contributed by atoms with Crippen LogP contribution >= 0.6 is 11.3 Å². The fourth-order valence-electron chi connectivity index (χ4n) is 2.88. The van der Waals surface area contributed by atoms with E-state index in [1.165, 1.54) is 24.3 Å². The maximum absolute atomic E-state index is 12.5. The van der Waals surface area contributed by atoms with E-state index in [1.807, 2.05) is 18.2 Å². The predicted octanol–water partition coefficient (Wildman–Crippen LogP) is 5.17. The van der Waals surface area contributed by atoms with Crippen LogP contribution in [0.4, 0.5) is 10.8 Å². The Balaban J connectivity index is 1.50. The van der Waals surface area contributed by atoms with Crippen LogP contribution in [0.2, 0.25) is 0 Å². The maximum Gasteiger partial charge on any atom is 0.255 e. The Morgan fingerprint density at radius 1 is 1.00 bits per heavy atom. The first-order chi connectivity index (χ1) is 15.0. The standard InChI is InChI=1S/C23H16N4O3S/c1-14(28)25-23-27-20-9-8-19(12-21(20)31-23)30-18-7-3-6-17(11-18)26-22(29)16-5-2-4-15(10-16)13-24/h2-12H,1H3,(H,26,29)(H,25,27,28). The Morgan fingerprint density at radius 2 is 1.81 bits per heavy atom. The highest BCUT2D eigenvalue weighted by molar-refractivity contribution is 7.22. The first-order valence-corrected chi connectivity index (χ1v) is 10.1. The molecule has 0 fully saturated rings. The Hall–Kier alpha value is -4.22. The highest BCUT2D eigenvalue weighted by Crippen LogP contribution is 2.32. The minimum Gasteiger partial charge on any atom is -0.457 e. The second kappa shape index (κ2) is 8.65. The van der Waals surface area contributed by atoms with Gasteiger partial charge in [0, 0.05) is 30.3 Å². The average molecular weight is 428 g/mol. The summed E-state index contributed by atoms with van der Waals surface area (Å²) in [7, 11) is 0. The molecule has 0 radical (unpaired) electrons. The molecule has 0 spiro atoms. The molecule has 0 aliphatic rings. The Morgan fingerprint density at radius 3 is 2.61 bits per heavy atom. The Labute approximate surface area is 181 Å². The van der Waals surface area contributed by atoms with E-state index in [1.54, 1.807) is 48.5 Å². The molecule has 152 valence electrons. The van der Waals surface area contributed by atoms with Crippen LogP contribution in [0, 0.1) is 11.3 Å². The lowest BCUT2D eigenvalue weighted by Gasteiger charge is -2.09. The number of fused-ring (bicyclic) bond motifs is 1. The van der Waals surface area contributed by atoms with Crippen molar-refractivity contribution in [2.24, 2.45) is 0 Å². The van der Waals surface area contributed by atoms with Gasteiger partial charge in [0.05, 0.1) is 21.8 Å². The number of carbonyl (C=O) groups excluding carboxylic acids is 2. The molecule has 8 heteroatoms. The van der Waals surface area contributed by atoms with E-state index in [9.17, 15) is 9.59 Å². The number of rotatable bonds is 5. The predicted molar refractivity (Wildman–Crippen MR) is 120 cm³/mol. The summed E-state index contributed by atoms with van der Waals surface area (Å²) in [5.74, 6) is 0.671. The summed E-state index contributed by atoms with van der Waals surface area (Å²) in [6.45, 7) is 1.44. The quantitative estimate of drug-likeness (QED) is 0.456. The second-order valence-corrected chi connectivity index (χ2v) is 7.64. The molecule has 2 amide bonds. The van der Waals surface area contributed by atoms with Crippen LogP contribution in [-0.4, -0.2) is 16.8 Å². The maximum atomic E-state index is 12.5. The van der Waals surface area contributed by atoms with Crippen LogP contribution in [0.5, 0.6) is 11.5 Å². The van der Waals surface area contributed by atoms with Gasteiger partial charge < -0.3 is 15.4 Å². The molecule has 0 saturated carbocycles. The summed E-state index contributed by atoms with van der Waals surface area (Å²) in [4.78, 5) is 28.0. The fraction of sp³-hybridized carbons (Fsp3) is 0.0435. The minimum absolute atomic E-state index is 0.172. The normalized spacial score (nSPS) is 10.3. The zero-order valence-corrected chi connectivity index (χ0v) is 17.2. The van der Waals surface area contributed by atoms with E-state index in [2.05, 4.69) is 15.6 Å². The number of carbonyl (C=O) groups is 2. The average Bonchev–Trinajstić information content (AvgIpc) is 3.14. The van der Waals surface area contributed by atoms with E-state index in [4.69, 9.17) is 10.00 Å². The third-order valence-corrected chi connectivity index (χ3v) is 5.16. The molecule has 1 heterocycles. The highest BCUT2D eigenvalue weighted by atomic mass is 32.1. The van der Waals surface area contributed by atoms with Gasteiger partial charge in [0.25, 0.3) is 5.91 Å². The zero-order chi connectivity index (χ0) is 21.8. The van der Waals surface area contributed by atoms with Gasteiger partial charge in [-0.05, 0) is 42.5 Å². The van der Waals surface area contributed by atoms with E-state index >= 15 is 0 Å². The second-order valence-electron chi connectivity index (χ2n) is 6.61. The SMILES string of the molecule is CC(=O)Nc1nc2ccc(Oc3cccc(NC(=O)c4cccc(C#N)c4)c3)cc2s1. The van der Waals surface area contributed by atoms with Crippen molar-refractivity contribution >= 4 is 44.2 Å². The van der Waals surface area contributed by atoms with Gasteiger partial charge in [-0.25, -0.2) is 4.98 Å². The van der Waals surface area contributed by atoms with Gasteiger partial charge in [-0.2, -0.15) is 5.26 Å². The summed E-state index contributed by atoms with van der Waals surface area (Å²) in [6, 6.07) is 21.0. The molecule has 0 atom stereocenters. The number of nitriles is 1. The number of aromatic nitrogens is 1. The van der Waals surface area contributed by atoms with E-state index < -0.39 is 0 Å². The lowest BCUT2D eigenvalue weighted by atomic mass is 10.1. The molecule has 3 aromatic carbocycles. The largest absolute Gasteiger partial charge is 0.457 e. The molecule has 0 aliphatic heterocycles. The number of nitrogens with one attached hydrogen (secondary N) is 2. The van der Waals surface area contributed by atoms with Crippen molar-refractivity contribution < 1.29 is 14.3 Å². The summed E-state index contributed by atoms with van der Waals surface area (Å²) in [5.41, 5.74) is 2.15. The number of ether oxygens (including phenoxy) is 1. The molecule has 0 saturated heterocycles. The molecule has 31 heavy (non-hydrogen) atoms. The number of hydrogen-bond acceptors (Lipinski definition) is 6. The first-order valence-electron chi connectivity index (χ1n) is 9.28. The third-order valence-electron chi connectivity index (χ3n) is 4.22. The van der Waals surface area contributed by atoms with Gasteiger partial charge in [0.15, 0.2) is 5.13 Å². The minimum atomic E-state index is -0.314. The van der Waals surface area contributed by atoms with Gasteiger partial charge in [-0.3, -0.25) is 9.59 Å². The number of nitrogens with zero attached hydrogens (tertiary/aromatic N) is 2. The molecule has 4 aromatic rings. The molecule has 0 unspecified atom stereocenters. The van der Waals surface area contributed by atoms with Crippen molar-refractivity contribution in [2.45, 2.75) is 6.92 Å². The van der Waals surface area contributed by atoms with Crippen LogP contribution in [-0.2, 0) is 4.79 Å². The van der Waals surface area contributed by atoms with Crippen molar-refractivity contribution in [2.75, 3.05) is 10.6 Å². The first kappa shape index (κ1) is 20.1. The molecule has 0 bridgehead atoms. The third kappa shape index (κ3) is 4.86. The lowest BCUT2D eigenvalue weighted by Crippen LogP contribution is -2.11. The smallest absolute Gasteiger partial charge is 0.255 e. The van der Waals surface area contributed by atoms with Crippen LogP contribution in [0.3, 0.4) is 0 Å². The van der Waals surface area contributed by atoms with Gasteiger partial charge in [0.2, 0.25) is 5.91 Å². The van der Waals surface area contributed by atoms with Gasteiger partial charge in [-0.15, -0.1) is 0 Å². The number of benzene rings is 3. The van der Waals surface area contributed by atoms with E-state index in [0.717, 1.165) is 10.2 Å². The summed E-state index contributed by atoms with van der Waals surface area (Å²) in [5, 5.41) is 15.0. The van der Waals surface area contributed by atoms with Gasteiger partial charge >= 0.3 is 0 Å². The van der Waals surface area contributed by atoms with E-state index in [0.29, 0.717) is 33.4 Å². The van der Waals surface area contributed by atoms with Crippen molar-refractivity contribution in [3.05, 3.63) is 77.9 Å². The number of hydrogen-bond donors (Lipinski definition) is 2. The van der Waals surface area contributed by atoms with Crippen LogP contribution < -0.4 is 15.4 Å². The van der Waals surface area contributed by atoms with E-state index in [-0.39, 0.29) is 11.8 Å². The van der Waals surface area contributed by atoms with Crippen LogP contribution in [0.25, 0.3) is 10.2 Å². The van der Waals surface area contributed by atoms with Crippen molar-refractivity contribution in [3.8, 4) is 17.6 Å². The van der Waals surface area contributed by atoms with Crippen LogP contribution in [0.15, 0.2) is 66.7 Å². The monoisotopic (exact) mass is 428 g/mol. The Kier molecular flexibility index (Phi) is 5.60. The molecular formula is C23H16N4O3S. The molecule has 0 aliphatic carbocycles. The van der Waals surface area contributed by atoms with Gasteiger partial charge in [0.1, 0.15) is 11.5 Å². The molecular weight excluding hydrogens is 412 g/mol. The number of anilines is 2. The molecule has 4 rings (SSSR count). The summed E-state index contributed by atoms with van der Waals surface area (Å²) in [6.07, 6.45) is 0. The Bertz CT molecular complexity index is 1340. The van der Waals surface area contributed by atoms with Crippen molar-refractivity contribution in [1.82, 2.24) is 4.98 Å². The topological polar surface area (TPSA) is 104 Å². The highest BCUT2D eigenvalue weighted by Gasteiger charge is 2.09. The number of thiazole rings is 1. The summed E-state index contributed by atoms with van der Waals surface area (Å²) < 4.78 is 6.82. The summed E-state index contributed by atoms with van der Waals surface area (Å²) >= 11 is 1.36. The van der Waals surface area contributed by atoms with Crippen molar-refractivity contribution in [3.63, 3.8) is 0 Å². The molecule has 2 N–H and O–H groups in total. The van der Waals surface area contributed by atoms with Crippen LogP contribution in [0.1, 0.15) is 22.8 Å².